The molecular weight excluding hydrogens is 270 g/mol. The maximum Gasteiger partial charge on any atom is 0.327 e. The molecule has 0 rings (SSSR count). The minimum atomic E-state index is -1.19. The molecule has 10 heteroatoms. The molecule has 0 bridgehead atoms. The Morgan fingerprint density at radius 1 is 1.41 bits per heavy atom. The summed E-state index contributed by atoms with van der Waals surface area (Å²) >= 11 is 3.44. The van der Waals surface area contributed by atoms with Crippen LogP contribution >= 0.6 is 24.8 Å². The van der Waals surface area contributed by atoms with Gasteiger partial charge in [-0.05, 0) is 13.8 Å². The number of amides is 1. The molecule has 0 fully saturated rings. The second-order valence-corrected chi connectivity index (χ2v) is 4.87. The lowest BCUT2D eigenvalue weighted by atomic mass is 10.0. The van der Waals surface area contributed by atoms with Crippen LogP contribution in [-0.2, 0) is 9.59 Å². The Morgan fingerprint density at radius 2 is 1.82 bits per heavy atom. The summed E-state index contributed by atoms with van der Waals surface area (Å²) in [5.74, 6) is -1.65. The fraction of sp³-hybridized carbons (Fsp3) is 0.714. The van der Waals surface area contributed by atoms with E-state index >= 15 is 0 Å². The molecule has 0 aliphatic carbocycles. The number of rotatable bonds is 5. The number of carboxylic acids is 1. The van der Waals surface area contributed by atoms with E-state index in [1.807, 2.05) is 4.58 Å². The summed E-state index contributed by atoms with van der Waals surface area (Å²) in [5, 5.41) is 11.1. The molecule has 0 radical (unpaired) electrons. The van der Waals surface area contributed by atoms with Crippen molar-refractivity contribution in [3.63, 3.8) is 0 Å². The number of aliphatic carboxylic acids is 1. The van der Waals surface area contributed by atoms with Gasteiger partial charge in [0.2, 0.25) is 5.91 Å². The van der Waals surface area contributed by atoms with Crippen LogP contribution in [-0.4, -0.2) is 27.8 Å². The third-order valence-electron chi connectivity index (χ3n) is 1.56. The predicted molar refractivity (Wildman–Crippen MR) is 67.5 cm³/mol. The van der Waals surface area contributed by atoms with E-state index in [2.05, 4.69) is 22.7 Å². The first-order chi connectivity index (χ1) is 7.72. The highest BCUT2D eigenvalue weighted by atomic mass is 32.2. The number of carbonyl (C=O) groups excluding carboxylic acids is 1. The first-order valence-corrected chi connectivity index (χ1v) is 5.37. The Kier molecular flexibility index (Phi) is 9.57. The number of carbonyl (C=O) groups is 2. The van der Waals surface area contributed by atoms with Gasteiger partial charge in [-0.25, -0.2) is 4.79 Å². The lowest BCUT2D eigenvalue weighted by Crippen LogP contribution is -2.51. The van der Waals surface area contributed by atoms with Crippen LogP contribution < -0.4 is 5.32 Å². The number of nitrogens with one attached hydrogen (secondary N) is 1. The first kappa shape index (κ1) is 18.2. The van der Waals surface area contributed by atoms with Gasteiger partial charge in [-0.3, -0.25) is 4.79 Å². The summed E-state index contributed by atoms with van der Waals surface area (Å²) in [6.45, 7) is 4.26. The quantitative estimate of drug-likeness (QED) is 0.397. The van der Waals surface area contributed by atoms with E-state index in [9.17, 15) is 14.5 Å². The molecule has 0 saturated carbocycles. The molecule has 0 spiro atoms. The molecule has 0 aromatic heterocycles. The Balaban J connectivity index is 0. The molecule has 0 aromatic rings. The van der Waals surface area contributed by atoms with Crippen LogP contribution in [0.25, 0.3) is 0 Å². The molecule has 0 unspecified atom stereocenters. The van der Waals surface area contributed by atoms with E-state index in [-0.39, 0.29) is 0 Å². The van der Waals surface area contributed by atoms with Gasteiger partial charge in [0.05, 0.1) is 4.75 Å². The van der Waals surface area contributed by atoms with Crippen LogP contribution in [0.1, 0.15) is 20.8 Å². The summed E-state index contributed by atoms with van der Waals surface area (Å²) in [7, 11) is 0. The number of hydrogen-bond acceptors (Lipinski definition) is 7. The molecule has 0 aromatic carbocycles. The minimum absolute atomic E-state index is 0.461. The molecule has 0 saturated heterocycles. The van der Waals surface area contributed by atoms with Crippen LogP contribution in [0.15, 0.2) is 9.16 Å². The summed E-state index contributed by atoms with van der Waals surface area (Å²) in [5.41, 5.74) is 0. The molecule has 17 heavy (non-hydrogen) atoms. The number of thiol groups is 1. The van der Waals surface area contributed by atoms with Gasteiger partial charge in [-0.2, -0.15) is 0 Å². The fourth-order valence-corrected chi connectivity index (χ4v) is 1.34. The van der Waals surface area contributed by atoms with Crippen molar-refractivity contribution < 1.29 is 14.7 Å². The van der Waals surface area contributed by atoms with E-state index in [4.69, 9.17) is 10.0 Å². The number of nitrogens with zero attached hydrogens (tertiary/aromatic N) is 2. The third kappa shape index (κ3) is 8.63. The van der Waals surface area contributed by atoms with E-state index in [1.54, 1.807) is 0 Å². The molecule has 8 nitrogen and oxygen atoms in total. The van der Waals surface area contributed by atoms with Crippen LogP contribution in [0.3, 0.4) is 0 Å². The van der Waals surface area contributed by atoms with Crippen molar-refractivity contribution >= 4 is 36.6 Å². The van der Waals surface area contributed by atoms with Gasteiger partial charge in [-0.1, -0.05) is 0 Å². The van der Waals surface area contributed by atoms with Crippen molar-refractivity contribution in [2.75, 3.05) is 0 Å². The van der Waals surface area contributed by atoms with Gasteiger partial charge in [0, 0.05) is 40.9 Å². The number of hydrogen-bond donors (Lipinski definition) is 3. The molecule has 2 N–H and O–H groups in total. The lowest BCUT2D eigenvalue weighted by Gasteiger charge is -2.27. The van der Waals surface area contributed by atoms with Gasteiger partial charge in [-0.15, -0.1) is 9.81 Å². The van der Waals surface area contributed by atoms with Crippen LogP contribution in [0, 0.1) is 9.81 Å². The van der Waals surface area contributed by atoms with Gasteiger partial charge >= 0.3 is 5.97 Å². The minimum Gasteiger partial charge on any atom is -0.480 e. The monoisotopic (exact) mass is 283 g/mol. The topological polar surface area (TPSA) is 125 Å². The van der Waals surface area contributed by atoms with E-state index < -0.39 is 22.7 Å². The predicted octanol–water partition coefficient (Wildman–Crippen LogP) is 1.37. The Bertz CT molecular complexity index is 297. The van der Waals surface area contributed by atoms with Crippen LogP contribution in [0.4, 0.5) is 0 Å². The number of carboxylic acid groups (broad SMARTS) is 1. The zero-order valence-corrected chi connectivity index (χ0v) is 11.1. The maximum absolute atomic E-state index is 10.8. The Labute approximate surface area is 108 Å². The summed E-state index contributed by atoms with van der Waals surface area (Å²) in [4.78, 5) is 40.0. The van der Waals surface area contributed by atoms with Crippen LogP contribution in [0.5, 0.6) is 0 Å². The summed E-state index contributed by atoms with van der Waals surface area (Å²) < 4.78 is 3.54. The van der Waals surface area contributed by atoms with Gasteiger partial charge in [0.15, 0.2) is 0 Å². The molecule has 0 aliphatic heterocycles. The van der Waals surface area contributed by atoms with Gasteiger partial charge in [0.1, 0.15) is 6.04 Å². The third-order valence-corrected chi connectivity index (χ3v) is 2.34. The maximum atomic E-state index is 10.8. The van der Waals surface area contributed by atoms with E-state index in [0.29, 0.717) is 11.9 Å². The van der Waals surface area contributed by atoms with Crippen molar-refractivity contribution in [3.8, 4) is 0 Å². The van der Waals surface area contributed by atoms with E-state index in [0.717, 1.165) is 0 Å². The van der Waals surface area contributed by atoms with Gasteiger partial charge < -0.3 is 10.4 Å². The van der Waals surface area contributed by atoms with E-state index in [1.165, 1.54) is 20.8 Å². The van der Waals surface area contributed by atoms with Crippen LogP contribution in [0.2, 0.25) is 0 Å². The standard InChI is InChI=1S/C7H12N2O4S.HNOS/c1-4(10)8-5(6(11)12)7(2,3)14-9-13;2-1-3/h5H,1-3H3,(H,8,10)(H,11,12);(H,2,3)/t5-;/m1./s1. The van der Waals surface area contributed by atoms with Gasteiger partial charge in [0.25, 0.3) is 0 Å². The summed E-state index contributed by atoms with van der Waals surface area (Å²) in [6.07, 6.45) is 0. The molecule has 0 aliphatic rings. The highest BCUT2D eigenvalue weighted by Gasteiger charge is 2.37. The SMILES string of the molecule is CC(=O)N[C@H](C(=O)O)C(C)(C)SN=O.O=NS. The number of nitroso groups, excluding NO2 is 2. The van der Waals surface area contributed by atoms with Crippen molar-refractivity contribution in [3.05, 3.63) is 9.81 Å². The summed E-state index contributed by atoms with van der Waals surface area (Å²) in [6, 6.07) is -1.14. The fourth-order valence-electron chi connectivity index (χ4n) is 0.885. The average molecular weight is 283 g/mol. The lowest BCUT2D eigenvalue weighted by molar-refractivity contribution is -0.142. The normalized spacial score (nSPS) is 11.5. The van der Waals surface area contributed by atoms with Crippen molar-refractivity contribution in [1.29, 1.82) is 0 Å². The highest BCUT2D eigenvalue weighted by molar-refractivity contribution is 7.99. The molecule has 1 atom stereocenters. The van der Waals surface area contributed by atoms with Crippen molar-refractivity contribution in [1.82, 2.24) is 5.32 Å². The second-order valence-electron chi connectivity index (χ2n) is 3.32. The van der Waals surface area contributed by atoms with Crippen molar-refractivity contribution in [2.24, 2.45) is 9.16 Å². The van der Waals surface area contributed by atoms with Crippen molar-refractivity contribution in [2.45, 2.75) is 31.6 Å². The smallest absolute Gasteiger partial charge is 0.327 e. The molecule has 1 amide bonds. The zero-order valence-electron chi connectivity index (χ0n) is 9.41. The molecule has 98 valence electrons. The highest BCUT2D eigenvalue weighted by Crippen LogP contribution is 2.29. The Morgan fingerprint density at radius 3 is 2.06 bits per heavy atom. The first-order valence-electron chi connectivity index (χ1n) is 4.20. The average Bonchev–Trinajstić information content (AvgIpc) is 2.14. The molecular formula is C7H13N3O5S2. The molecule has 0 heterocycles. The zero-order chi connectivity index (χ0) is 14.1. The Hall–Kier alpha value is -1.16. The largest absolute Gasteiger partial charge is 0.480 e. The second kappa shape index (κ2) is 8.93.